The van der Waals surface area contributed by atoms with E-state index in [0.29, 0.717) is 12.2 Å². The fourth-order valence-electron chi connectivity index (χ4n) is 6.15. The van der Waals surface area contributed by atoms with Crippen LogP contribution in [-0.2, 0) is 4.74 Å². The summed E-state index contributed by atoms with van der Waals surface area (Å²) >= 11 is 0. The van der Waals surface area contributed by atoms with Gasteiger partial charge in [-0.2, -0.15) is 0 Å². The van der Waals surface area contributed by atoms with E-state index in [4.69, 9.17) is 4.74 Å². The number of rotatable bonds is 3. The Hall–Kier alpha value is -0.0400. The normalized spacial score (nSPS) is 47.5. The topological polar surface area (TPSA) is 9.23 Å². The SMILES string of the molecule is CC(OC1CC2CC1C1CCCC21)C1CCCCC1. The Morgan fingerprint density at radius 3 is 2.42 bits per heavy atom. The first-order valence-electron chi connectivity index (χ1n) is 8.98. The second-order valence-electron chi connectivity index (χ2n) is 7.93. The van der Waals surface area contributed by atoms with Gasteiger partial charge in [0.05, 0.1) is 12.2 Å². The maximum Gasteiger partial charge on any atom is 0.0612 e. The van der Waals surface area contributed by atoms with Gasteiger partial charge in [0.25, 0.3) is 0 Å². The van der Waals surface area contributed by atoms with Gasteiger partial charge in [-0.25, -0.2) is 0 Å². The van der Waals surface area contributed by atoms with Crippen LogP contribution in [0.4, 0.5) is 0 Å². The highest BCUT2D eigenvalue weighted by molar-refractivity contribution is 5.03. The summed E-state index contributed by atoms with van der Waals surface area (Å²) in [6.45, 7) is 2.37. The van der Waals surface area contributed by atoms with Crippen molar-refractivity contribution >= 4 is 0 Å². The lowest BCUT2D eigenvalue weighted by atomic mass is 9.80. The van der Waals surface area contributed by atoms with Crippen molar-refractivity contribution in [2.45, 2.75) is 83.3 Å². The van der Waals surface area contributed by atoms with Gasteiger partial charge in [-0.1, -0.05) is 25.7 Å². The zero-order valence-corrected chi connectivity index (χ0v) is 12.5. The monoisotopic (exact) mass is 262 g/mol. The first-order chi connectivity index (χ1) is 9.33. The fourth-order valence-corrected chi connectivity index (χ4v) is 6.15. The largest absolute Gasteiger partial charge is 0.375 e. The van der Waals surface area contributed by atoms with Gasteiger partial charge in [-0.15, -0.1) is 0 Å². The summed E-state index contributed by atoms with van der Waals surface area (Å²) in [6.07, 6.45) is 15.8. The summed E-state index contributed by atoms with van der Waals surface area (Å²) in [5.74, 6) is 5.02. The summed E-state index contributed by atoms with van der Waals surface area (Å²) in [5, 5.41) is 0. The van der Waals surface area contributed by atoms with Crippen molar-refractivity contribution in [2.75, 3.05) is 0 Å². The van der Waals surface area contributed by atoms with Crippen molar-refractivity contribution < 1.29 is 4.74 Å². The highest BCUT2D eigenvalue weighted by Gasteiger charge is 2.54. The summed E-state index contributed by atoms with van der Waals surface area (Å²) in [4.78, 5) is 0. The van der Waals surface area contributed by atoms with Crippen molar-refractivity contribution in [3.63, 3.8) is 0 Å². The summed E-state index contributed by atoms with van der Waals surface area (Å²) < 4.78 is 6.59. The maximum absolute atomic E-state index is 6.59. The van der Waals surface area contributed by atoms with E-state index in [0.717, 1.165) is 29.6 Å². The van der Waals surface area contributed by atoms with Crippen LogP contribution in [0.1, 0.15) is 71.1 Å². The van der Waals surface area contributed by atoms with Crippen molar-refractivity contribution in [2.24, 2.45) is 29.6 Å². The molecule has 1 nitrogen and oxygen atoms in total. The van der Waals surface area contributed by atoms with Gasteiger partial charge in [0, 0.05) is 0 Å². The molecule has 108 valence electrons. The van der Waals surface area contributed by atoms with Crippen LogP contribution in [-0.4, -0.2) is 12.2 Å². The molecule has 4 saturated carbocycles. The van der Waals surface area contributed by atoms with E-state index in [1.54, 1.807) is 0 Å². The molecule has 0 aliphatic heterocycles. The molecule has 0 aromatic heterocycles. The average molecular weight is 262 g/mol. The number of ether oxygens (including phenoxy) is 1. The van der Waals surface area contributed by atoms with Gasteiger partial charge in [-0.3, -0.25) is 0 Å². The van der Waals surface area contributed by atoms with Crippen LogP contribution in [0.3, 0.4) is 0 Å². The first kappa shape index (κ1) is 12.7. The van der Waals surface area contributed by atoms with Crippen molar-refractivity contribution in [3.8, 4) is 0 Å². The lowest BCUT2D eigenvalue weighted by Gasteiger charge is -2.36. The lowest BCUT2D eigenvalue weighted by Crippen LogP contribution is -2.35. The van der Waals surface area contributed by atoms with Crippen LogP contribution < -0.4 is 0 Å². The highest BCUT2D eigenvalue weighted by Crippen LogP contribution is 2.59. The molecular weight excluding hydrogens is 232 g/mol. The third-order valence-electron chi connectivity index (χ3n) is 7.07. The second-order valence-corrected chi connectivity index (χ2v) is 7.93. The quantitative estimate of drug-likeness (QED) is 0.710. The smallest absolute Gasteiger partial charge is 0.0612 e. The number of hydrogen-bond acceptors (Lipinski definition) is 1. The van der Waals surface area contributed by atoms with Gasteiger partial charge >= 0.3 is 0 Å². The van der Waals surface area contributed by atoms with E-state index >= 15 is 0 Å². The van der Waals surface area contributed by atoms with Crippen LogP contribution in [0.15, 0.2) is 0 Å². The van der Waals surface area contributed by atoms with Gasteiger partial charge in [0.15, 0.2) is 0 Å². The van der Waals surface area contributed by atoms with Crippen LogP contribution in [0.2, 0.25) is 0 Å². The Labute approximate surface area is 118 Å². The minimum Gasteiger partial charge on any atom is -0.375 e. The molecule has 1 heteroatoms. The summed E-state index contributed by atoms with van der Waals surface area (Å²) in [7, 11) is 0. The zero-order chi connectivity index (χ0) is 12.8. The van der Waals surface area contributed by atoms with Crippen LogP contribution in [0, 0.1) is 29.6 Å². The highest BCUT2D eigenvalue weighted by atomic mass is 16.5. The molecule has 0 heterocycles. The summed E-state index contributed by atoms with van der Waals surface area (Å²) in [6, 6.07) is 0. The molecule has 19 heavy (non-hydrogen) atoms. The molecule has 0 radical (unpaired) electrons. The molecule has 6 atom stereocenters. The minimum atomic E-state index is 0.532. The molecule has 0 N–H and O–H groups in total. The molecule has 4 aliphatic carbocycles. The van der Waals surface area contributed by atoms with Crippen LogP contribution in [0.25, 0.3) is 0 Å². The third kappa shape index (κ3) is 2.17. The third-order valence-corrected chi connectivity index (χ3v) is 7.07. The number of fused-ring (bicyclic) bond motifs is 5. The minimum absolute atomic E-state index is 0.532. The molecule has 2 bridgehead atoms. The van der Waals surface area contributed by atoms with Crippen LogP contribution in [0.5, 0.6) is 0 Å². The fraction of sp³-hybridized carbons (Fsp3) is 1.00. The molecule has 0 aromatic rings. The average Bonchev–Trinajstić information content (AvgIpc) is 3.11. The Morgan fingerprint density at radius 2 is 1.58 bits per heavy atom. The van der Waals surface area contributed by atoms with E-state index in [-0.39, 0.29) is 0 Å². The van der Waals surface area contributed by atoms with E-state index in [1.165, 1.54) is 64.2 Å². The molecule has 0 aromatic carbocycles. The lowest BCUT2D eigenvalue weighted by molar-refractivity contribution is -0.0776. The standard InChI is InChI=1S/C18H30O/c1-12(13-6-3-2-4-7-13)19-18-11-14-10-17(18)16-9-5-8-15(14)16/h12-18H,2-11H2,1H3. The molecule has 0 saturated heterocycles. The predicted octanol–water partition coefficient (Wildman–Crippen LogP) is 4.80. The maximum atomic E-state index is 6.59. The Kier molecular flexibility index (Phi) is 3.38. The predicted molar refractivity (Wildman–Crippen MR) is 78.0 cm³/mol. The molecular formula is C18H30O. The second kappa shape index (κ2) is 5.06. The molecule has 4 rings (SSSR count). The Morgan fingerprint density at radius 1 is 0.789 bits per heavy atom. The van der Waals surface area contributed by atoms with Gasteiger partial charge in [0.2, 0.25) is 0 Å². The van der Waals surface area contributed by atoms with Crippen molar-refractivity contribution in [1.29, 1.82) is 0 Å². The molecule has 4 aliphatic rings. The molecule has 6 unspecified atom stereocenters. The Balaban J connectivity index is 1.36. The summed E-state index contributed by atoms with van der Waals surface area (Å²) in [5.41, 5.74) is 0. The molecule has 0 spiro atoms. The van der Waals surface area contributed by atoms with Crippen LogP contribution >= 0.6 is 0 Å². The van der Waals surface area contributed by atoms with Crippen molar-refractivity contribution in [1.82, 2.24) is 0 Å². The van der Waals surface area contributed by atoms with Gasteiger partial charge < -0.3 is 4.74 Å². The Bertz CT molecular complexity index is 320. The van der Waals surface area contributed by atoms with E-state index < -0.39 is 0 Å². The van der Waals surface area contributed by atoms with E-state index in [1.807, 2.05) is 0 Å². The van der Waals surface area contributed by atoms with Gasteiger partial charge in [0.1, 0.15) is 0 Å². The number of hydrogen-bond donors (Lipinski definition) is 0. The van der Waals surface area contributed by atoms with Gasteiger partial charge in [-0.05, 0) is 75.0 Å². The first-order valence-corrected chi connectivity index (χ1v) is 8.98. The van der Waals surface area contributed by atoms with E-state index in [2.05, 4.69) is 6.92 Å². The van der Waals surface area contributed by atoms with Crippen molar-refractivity contribution in [3.05, 3.63) is 0 Å². The molecule has 4 fully saturated rings. The zero-order valence-electron chi connectivity index (χ0n) is 12.5. The molecule has 0 amide bonds. The van der Waals surface area contributed by atoms with E-state index in [9.17, 15) is 0 Å².